The molecule has 0 bridgehead atoms. The summed E-state index contributed by atoms with van der Waals surface area (Å²) in [5.74, 6) is 0.356. The standard InChI is InChI=1S/C17H18ClN3/c1-19-10-9-14(12-5-3-2-4-6-12)13-7-8-16-15(11-13)17(18)21-20-16/h2-8,11,14,19H,9-10H2,1H3,(H,20,21)/t14-/m1/s1. The highest BCUT2D eigenvalue weighted by molar-refractivity contribution is 6.34. The maximum atomic E-state index is 6.14. The van der Waals surface area contributed by atoms with Crippen molar-refractivity contribution in [3.63, 3.8) is 0 Å². The van der Waals surface area contributed by atoms with Crippen LogP contribution >= 0.6 is 11.6 Å². The number of fused-ring (bicyclic) bond motifs is 1. The molecule has 0 spiro atoms. The molecule has 4 heteroatoms. The highest BCUT2D eigenvalue weighted by atomic mass is 35.5. The lowest BCUT2D eigenvalue weighted by molar-refractivity contribution is 0.662. The van der Waals surface area contributed by atoms with Crippen LogP contribution in [0.5, 0.6) is 0 Å². The Bertz CT molecular complexity index is 721. The summed E-state index contributed by atoms with van der Waals surface area (Å²) in [5, 5.41) is 11.8. The van der Waals surface area contributed by atoms with Crippen LogP contribution in [-0.2, 0) is 0 Å². The molecular formula is C17H18ClN3. The van der Waals surface area contributed by atoms with Crippen molar-refractivity contribution >= 4 is 22.5 Å². The van der Waals surface area contributed by atoms with E-state index >= 15 is 0 Å². The summed E-state index contributed by atoms with van der Waals surface area (Å²) in [5.41, 5.74) is 3.57. The average Bonchev–Trinajstić information content (AvgIpc) is 2.90. The van der Waals surface area contributed by atoms with Gasteiger partial charge in [-0.15, -0.1) is 0 Å². The average molecular weight is 300 g/mol. The molecule has 1 atom stereocenters. The van der Waals surface area contributed by atoms with E-state index in [2.05, 4.69) is 64.0 Å². The number of hydrogen-bond acceptors (Lipinski definition) is 2. The van der Waals surface area contributed by atoms with Crippen LogP contribution in [0.2, 0.25) is 5.15 Å². The number of halogens is 1. The number of aromatic amines is 1. The Kier molecular flexibility index (Phi) is 4.23. The van der Waals surface area contributed by atoms with E-state index < -0.39 is 0 Å². The maximum absolute atomic E-state index is 6.14. The third-order valence-corrected chi connectivity index (χ3v) is 4.12. The van der Waals surface area contributed by atoms with Crippen LogP contribution in [0.15, 0.2) is 48.5 Å². The van der Waals surface area contributed by atoms with E-state index in [4.69, 9.17) is 11.6 Å². The molecule has 0 radical (unpaired) electrons. The molecule has 2 N–H and O–H groups in total. The lowest BCUT2D eigenvalue weighted by Crippen LogP contribution is -2.13. The number of nitrogens with zero attached hydrogens (tertiary/aromatic N) is 1. The first kappa shape index (κ1) is 14.1. The van der Waals surface area contributed by atoms with Gasteiger partial charge in [0.2, 0.25) is 0 Å². The lowest BCUT2D eigenvalue weighted by Gasteiger charge is -2.18. The molecule has 0 fully saturated rings. The number of aromatic nitrogens is 2. The van der Waals surface area contributed by atoms with E-state index in [1.54, 1.807) is 0 Å². The number of nitrogens with one attached hydrogen (secondary N) is 2. The van der Waals surface area contributed by atoms with Gasteiger partial charge in [0.25, 0.3) is 0 Å². The predicted octanol–water partition coefficient (Wildman–Crippen LogP) is 3.96. The Hall–Kier alpha value is -1.84. The summed E-state index contributed by atoms with van der Waals surface area (Å²) in [6.45, 7) is 0.969. The Morgan fingerprint density at radius 2 is 1.95 bits per heavy atom. The van der Waals surface area contributed by atoms with Crippen molar-refractivity contribution in [3.05, 3.63) is 64.8 Å². The largest absolute Gasteiger partial charge is 0.320 e. The number of H-pyrrole nitrogens is 1. The molecule has 0 saturated heterocycles. The van der Waals surface area contributed by atoms with Crippen LogP contribution in [0.3, 0.4) is 0 Å². The second-order valence-corrected chi connectivity index (χ2v) is 5.53. The summed E-state index contributed by atoms with van der Waals surface area (Å²) in [6.07, 6.45) is 1.04. The Morgan fingerprint density at radius 3 is 2.71 bits per heavy atom. The Morgan fingerprint density at radius 1 is 1.14 bits per heavy atom. The zero-order valence-corrected chi connectivity index (χ0v) is 12.7. The van der Waals surface area contributed by atoms with Crippen molar-refractivity contribution < 1.29 is 0 Å². The van der Waals surface area contributed by atoms with Crippen LogP contribution in [0.25, 0.3) is 10.9 Å². The molecule has 3 aromatic rings. The maximum Gasteiger partial charge on any atom is 0.158 e. The predicted molar refractivity (Wildman–Crippen MR) is 87.9 cm³/mol. The monoisotopic (exact) mass is 299 g/mol. The number of benzene rings is 2. The fraction of sp³-hybridized carbons (Fsp3) is 0.235. The van der Waals surface area contributed by atoms with Gasteiger partial charge >= 0.3 is 0 Å². The lowest BCUT2D eigenvalue weighted by atomic mass is 9.88. The van der Waals surface area contributed by atoms with Crippen LogP contribution in [0.1, 0.15) is 23.5 Å². The summed E-state index contributed by atoms with van der Waals surface area (Å²) in [6, 6.07) is 16.9. The smallest absolute Gasteiger partial charge is 0.158 e. The van der Waals surface area contributed by atoms with E-state index in [0.29, 0.717) is 11.1 Å². The highest BCUT2D eigenvalue weighted by Crippen LogP contribution is 2.31. The summed E-state index contributed by atoms with van der Waals surface area (Å²) in [4.78, 5) is 0. The molecule has 0 aliphatic carbocycles. The third-order valence-electron chi connectivity index (χ3n) is 3.83. The molecule has 0 saturated carbocycles. The summed E-state index contributed by atoms with van der Waals surface area (Å²) < 4.78 is 0. The minimum atomic E-state index is 0.356. The first-order valence-corrected chi connectivity index (χ1v) is 7.50. The molecule has 3 rings (SSSR count). The number of hydrogen-bond donors (Lipinski definition) is 2. The van der Waals surface area contributed by atoms with Gasteiger partial charge in [-0.2, -0.15) is 5.10 Å². The molecule has 1 aromatic heterocycles. The zero-order valence-electron chi connectivity index (χ0n) is 11.9. The van der Waals surface area contributed by atoms with Gasteiger partial charge < -0.3 is 5.32 Å². The summed E-state index contributed by atoms with van der Waals surface area (Å²) >= 11 is 6.14. The third kappa shape index (κ3) is 2.94. The van der Waals surface area contributed by atoms with E-state index in [1.807, 2.05) is 7.05 Å². The normalized spacial score (nSPS) is 12.7. The van der Waals surface area contributed by atoms with Crippen LogP contribution in [0.4, 0.5) is 0 Å². The van der Waals surface area contributed by atoms with Crippen LogP contribution in [0, 0.1) is 0 Å². The van der Waals surface area contributed by atoms with Crippen LogP contribution in [-0.4, -0.2) is 23.8 Å². The van der Waals surface area contributed by atoms with Gasteiger partial charge in [-0.05, 0) is 43.3 Å². The van der Waals surface area contributed by atoms with Crippen molar-refractivity contribution in [2.75, 3.05) is 13.6 Å². The molecule has 0 amide bonds. The molecule has 108 valence electrons. The highest BCUT2D eigenvalue weighted by Gasteiger charge is 2.15. The van der Waals surface area contributed by atoms with Gasteiger partial charge in [0.1, 0.15) is 0 Å². The van der Waals surface area contributed by atoms with Gasteiger partial charge in [-0.1, -0.05) is 48.0 Å². The quantitative estimate of drug-likeness (QED) is 0.749. The van der Waals surface area contributed by atoms with Gasteiger partial charge in [-0.3, -0.25) is 5.10 Å². The molecule has 0 aliphatic rings. The van der Waals surface area contributed by atoms with Crippen molar-refractivity contribution in [1.29, 1.82) is 0 Å². The molecule has 21 heavy (non-hydrogen) atoms. The minimum Gasteiger partial charge on any atom is -0.320 e. The van der Waals surface area contributed by atoms with Gasteiger partial charge in [-0.25, -0.2) is 0 Å². The molecule has 2 aromatic carbocycles. The Labute approximate surface area is 129 Å². The number of rotatable bonds is 5. The molecule has 0 unspecified atom stereocenters. The van der Waals surface area contributed by atoms with E-state index in [-0.39, 0.29) is 0 Å². The molecule has 0 aliphatic heterocycles. The van der Waals surface area contributed by atoms with Gasteiger partial charge in [0.05, 0.1) is 5.52 Å². The van der Waals surface area contributed by atoms with E-state index in [9.17, 15) is 0 Å². The van der Waals surface area contributed by atoms with Gasteiger partial charge in [0, 0.05) is 11.3 Å². The van der Waals surface area contributed by atoms with Crippen molar-refractivity contribution in [2.45, 2.75) is 12.3 Å². The van der Waals surface area contributed by atoms with Crippen molar-refractivity contribution in [3.8, 4) is 0 Å². The zero-order chi connectivity index (χ0) is 14.7. The van der Waals surface area contributed by atoms with Crippen molar-refractivity contribution in [2.24, 2.45) is 0 Å². The second kappa shape index (κ2) is 6.29. The van der Waals surface area contributed by atoms with Crippen LogP contribution < -0.4 is 5.32 Å². The minimum absolute atomic E-state index is 0.356. The van der Waals surface area contributed by atoms with E-state index in [1.165, 1.54) is 11.1 Å². The first-order valence-electron chi connectivity index (χ1n) is 7.12. The van der Waals surface area contributed by atoms with Crippen molar-refractivity contribution in [1.82, 2.24) is 15.5 Å². The molecule has 3 nitrogen and oxygen atoms in total. The fourth-order valence-electron chi connectivity index (χ4n) is 2.72. The van der Waals surface area contributed by atoms with E-state index in [0.717, 1.165) is 23.9 Å². The topological polar surface area (TPSA) is 40.7 Å². The summed E-state index contributed by atoms with van der Waals surface area (Å²) in [7, 11) is 1.98. The Balaban J connectivity index is 2.02. The fourth-order valence-corrected chi connectivity index (χ4v) is 2.91. The van der Waals surface area contributed by atoms with Gasteiger partial charge in [0.15, 0.2) is 5.15 Å². The molecular weight excluding hydrogens is 282 g/mol. The molecule has 1 heterocycles. The first-order chi connectivity index (χ1) is 10.3. The second-order valence-electron chi connectivity index (χ2n) is 5.17. The SMILES string of the molecule is CNCC[C@H](c1ccccc1)c1ccc2[nH]nc(Cl)c2c1.